The van der Waals surface area contributed by atoms with E-state index in [4.69, 9.17) is 5.73 Å². The molecule has 1 aromatic carbocycles. The highest BCUT2D eigenvalue weighted by atomic mass is 16.1. The molecule has 0 spiro atoms. The third-order valence-corrected chi connectivity index (χ3v) is 3.24. The van der Waals surface area contributed by atoms with Crippen molar-refractivity contribution in [3.05, 3.63) is 36.0 Å². The maximum absolute atomic E-state index is 12.2. The predicted molar refractivity (Wildman–Crippen MR) is 77.5 cm³/mol. The van der Waals surface area contributed by atoms with E-state index in [9.17, 15) is 4.79 Å². The second kappa shape index (κ2) is 5.23. The van der Waals surface area contributed by atoms with Gasteiger partial charge in [-0.15, -0.1) is 10.2 Å². The highest BCUT2D eigenvalue weighted by molar-refractivity contribution is 6.05. The fraction of sp³-hybridized carbons (Fsp3) is 0.231. The number of H-pyrrole nitrogens is 1. The summed E-state index contributed by atoms with van der Waals surface area (Å²) in [6.07, 6.45) is 2.23. The lowest BCUT2D eigenvalue weighted by molar-refractivity contribution is 0.0950. The second-order valence-corrected chi connectivity index (χ2v) is 4.74. The number of aryl methyl sites for hydroxylation is 1. The zero-order valence-electron chi connectivity index (χ0n) is 11.5. The van der Waals surface area contributed by atoms with Crippen molar-refractivity contribution in [3.63, 3.8) is 0 Å². The summed E-state index contributed by atoms with van der Waals surface area (Å²) in [7, 11) is 1.86. The van der Waals surface area contributed by atoms with Crippen molar-refractivity contribution in [3.8, 4) is 0 Å². The normalized spacial score (nSPS) is 10.9. The Bertz CT molecular complexity index is 789. The summed E-state index contributed by atoms with van der Waals surface area (Å²) >= 11 is 0. The standard InChI is InChI=1S/C13H15N7O/c1-20-7-16-18-11(20)4-5-15-13(21)12-9-6-8(14)2-3-10(9)17-19-12/h2-3,6-7H,4-5,14H2,1H3,(H,15,21)(H,17,19). The molecule has 0 fully saturated rings. The number of hydrogen-bond donors (Lipinski definition) is 3. The zero-order valence-corrected chi connectivity index (χ0v) is 11.5. The first-order chi connectivity index (χ1) is 10.1. The number of benzene rings is 1. The van der Waals surface area contributed by atoms with Gasteiger partial charge in [0.25, 0.3) is 5.91 Å². The molecular weight excluding hydrogens is 270 g/mol. The van der Waals surface area contributed by atoms with Gasteiger partial charge in [-0.3, -0.25) is 9.89 Å². The van der Waals surface area contributed by atoms with Crippen LogP contribution in [0.15, 0.2) is 24.5 Å². The molecule has 3 aromatic rings. The first kappa shape index (κ1) is 13.1. The summed E-state index contributed by atoms with van der Waals surface area (Å²) in [5.74, 6) is 0.570. The predicted octanol–water partition coefficient (Wildman–Crippen LogP) is 0.246. The van der Waals surface area contributed by atoms with Crippen LogP contribution in [0.25, 0.3) is 10.9 Å². The third kappa shape index (κ3) is 2.55. The lowest BCUT2D eigenvalue weighted by Gasteiger charge is -2.03. The van der Waals surface area contributed by atoms with Crippen molar-refractivity contribution in [2.24, 2.45) is 7.05 Å². The van der Waals surface area contributed by atoms with Crippen molar-refractivity contribution in [1.82, 2.24) is 30.3 Å². The molecule has 0 radical (unpaired) electrons. The fourth-order valence-electron chi connectivity index (χ4n) is 2.11. The second-order valence-electron chi connectivity index (χ2n) is 4.74. The maximum atomic E-state index is 12.2. The van der Waals surface area contributed by atoms with Crippen LogP contribution in [0.5, 0.6) is 0 Å². The topological polar surface area (TPSA) is 115 Å². The number of nitrogens with zero attached hydrogens (tertiary/aromatic N) is 4. The van der Waals surface area contributed by atoms with Crippen LogP contribution in [-0.2, 0) is 13.5 Å². The largest absolute Gasteiger partial charge is 0.399 e. The van der Waals surface area contributed by atoms with Gasteiger partial charge in [-0.2, -0.15) is 5.10 Å². The molecule has 1 amide bonds. The number of nitrogen functional groups attached to an aromatic ring is 1. The first-order valence-electron chi connectivity index (χ1n) is 6.50. The Hall–Kier alpha value is -2.90. The van der Waals surface area contributed by atoms with Gasteiger partial charge in [0.05, 0.1) is 5.52 Å². The van der Waals surface area contributed by atoms with E-state index in [0.29, 0.717) is 29.7 Å². The molecule has 3 rings (SSSR count). The lowest BCUT2D eigenvalue weighted by Crippen LogP contribution is -2.26. The van der Waals surface area contributed by atoms with E-state index in [2.05, 4.69) is 25.7 Å². The zero-order chi connectivity index (χ0) is 14.8. The molecule has 0 saturated heterocycles. The van der Waals surface area contributed by atoms with E-state index in [1.54, 1.807) is 24.5 Å². The molecule has 0 atom stereocenters. The maximum Gasteiger partial charge on any atom is 0.272 e. The van der Waals surface area contributed by atoms with Crippen molar-refractivity contribution < 1.29 is 4.79 Å². The number of aromatic nitrogens is 5. The number of nitrogens with one attached hydrogen (secondary N) is 2. The van der Waals surface area contributed by atoms with Gasteiger partial charge in [0.1, 0.15) is 12.2 Å². The van der Waals surface area contributed by atoms with Crippen LogP contribution in [0, 0.1) is 0 Å². The number of aromatic amines is 1. The van der Waals surface area contributed by atoms with Crippen LogP contribution in [0.1, 0.15) is 16.3 Å². The number of amides is 1. The molecule has 2 heterocycles. The minimum absolute atomic E-state index is 0.242. The number of nitrogens with two attached hydrogens (primary N) is 1. The van der Waals surface area contributed by atoms with Crippen LogP contribution in [0.4, 0.5) is 5.69 Å². The molecule has 108 valence electrons. The molecule has 21 heavy (non-hydrogen) atoms. The molecule has 4 N–H and O–H groups in total. The number of anilines is 1. The van der Waals surface area contributed by atoms with Gasteiger partial charge >= 0.3 is 0 Å². The van der Waals surface area contributed by atoms with Crippen LogP contribution in [-0.4, -0.2) is 37.4 Å². The Morgan fingerprint density at radius 3 is 3.10 bits per heavy atom. The van der Waals surface area contributed by atoms with Crippen LogP contribution in [0.2, 0.25) is 0 Å². The van der Waals surface area contributed by atoms with Gasteiger partial charge < -0.3 is 15.6 Å². The van der Waals surface area contributed by atoms with Gasteiger partial charge in [-0.1, -0.05) is 0 Å². The number of rotatable bonds is 4. The van der Waals surface area contributed by atoms with Crippen molar-refractivity contribution in [2.45, 2.75) is 6.42 Å². The Kier molecular flexibility index (Phi) is 3.27. The van der Waals surface area contributed by atoms with E-state index in [1.807, 2.05) is 11.6 Å². The summed E-state index contributed by atoms with van der Waals surface area (Å²) < 4.78 is 1.82. The fourth-order valence-corrected chi connectivity index (χ4v) is 2.11. The third-order valence-electron chi connectivity index (χ3n) is 3.24. The lowest BCUT2D eigenvalue weighted by atomic mass is 10.2. The Labute approximate surface area is 120 Å². The highest BCUT2D eigenvalue weighted by Gasteiger charge is 2.14. The average molecular weight is 285 g/mol. The SMILES string of the molecule is Cn1cnnc1CCNC(=O)c1n[nH]c2ccc(N)cc12. The van der Waals surface area contributed by atoms with Crippen LogP contribution in [0.3, 0.4) is 0 Å². The Morgan fingerprint density at radius 2 is 2.33 bits per heavy atom. The van der Waals surface area contributed by atoms with Gasteiger partial charge in [0.2, 0.25) is 0 Å². The molecule has 0 aliphatic rings. The number of carbonyl (C=O) groups is 1. The van der Waals surface area contributed by atoms with E-state index >= 15 is 0 Å². The summed E-state index contributed by atoms with van der Waals surface area (Å²) in [4.78, 5) is 12.2. The summed E-state index contributed by atoms with van der Waals surface area (Å²) in [6, 6.07) is 5.29. The van der Waals surface area contributed by atoms with Gasteiger partial charge in [-0.05, 0) is 18.2 Å². The molecule has 0 aliphatic heterocycles. The van der Waals surface area contributed by atoms with Crippen molar-refractivity contribution in [2.75, 3.05) is 12.3 Å². The van der Waals surface area contributed by atoms with E-state index in [1.165, 1.54) is 0 Å². The Morgan fingerprint density at radius 1 is 1.48 bits per heavy atom. The van der Waals surface area contributed by atoms with E-state index in [0.717, 1.165) is 11.3 Å². The van der Waals surface area contributed by atoms with E-state index in [-0.39, 0.29) is 5.91 Å². The summed E-state index contributed by atoms with van der Waals surface area (Å²) in [5.41, 5.74) is 7.46. The summed E-state index contributed by atoms with van der Waals surface area (Å²) in [5, 5.41) is 18.1. The first-order valence-corrected chi connectivity index (χ1v) is 6.50. The molecule has 2 aromatic heterocycles. The molecule has 0 saturated carbocycles. The quantitative estimate of drug-likeness (QED) is 0.594. The number of hydrogen-bond acceptors (Lipinski definition) is 5. The van der Waals surface area contributed by atoms with Crippen LogP contribution >= 0.6 is 0 Å². The monoisotopic (exact) mass is 285 g/mol. The van der Waals surface area contributed by atoms with Gasteiger partial charge in [-0.25, -0.2) is 0 Å². The van der Waals surface area contributed by atoms with Gasteiger partial charge in [0.15, 0.2) is 5.69 Å². The molecule has 8 heteroatoms. The number of carbonyl (C=O) groups excluding carboxylic acids is 1. The van der Waals surface area contributed by atoms with Crippen LogP contribution < -0.4 is 11.1 Å². The number of fused-ring (bicyclic) bond motifs is 1. The highest BCUT2D eigenvalue weighted by Crippen LogP contribution is 2.18. The molecular formula is C13H15N7O. The van der Waals surface area contributed by atoms with Gasteiger partial charge in [0, 0.05) is 31.1 Å². The summed E-state index contributed by atoms with van der Waals surface area (Å²) in [6.45, 7) is 0.460. The smallest absolute Gasteiger partial charge is 0.272 e. The van der Waals surface area contributed by atoms with Crippen molar-refractivity contribution in [1.29, 1.82) is 0 Å². The van der Waals surface area contributed by atoms with E-state index < -0.39 is 0 Å². The average Bonchev–Trinajstić information content (AvgIpc) is 3.05. The molecule has 0 unspecified atom stereocenters. The minimum Gasteiger partial charge on any atom is -0.399 e. The Balaban J connectivity index is 1.69. The van der Waals surface area contributed by atoms with Crippen molar-refractivity contribution >= 4 is 22.5 Å². The molecule has 0 bridgehead atoms. The molecule has 0 aliphatic carbocycles. The minimum atomic E-state index is -0.242. The molecule has 8 nitrogen and oxygen atoms in total.